The molecule has 0 spiro atoms. The van der Waals surface area contributed by atoms with Crippen LogP contribution in [0.2, 0.25) is 0 Å². The van der Waals surface area contributed by atoms with E-state index in [0.717, 1.165) is 28.7 Å². The topological polar surface area (TPSA) is 164 Å². The minimum absolute atomic E-state index is 0.0279. The number of amides is 5. The number of aliphatic hydroxyl groups is 1. The molecule has 1 aromatic heterocycles. The molecule has 2 N–H and O–H groups in total. The van der Waals surface area contributed by atoms with Gasteiger partial charge in [0.05, 0.1) is 38.0 Å². The lowest BCUT2D eigenvalue weighted by Crippen LogP contribution is -2.49. The highest BCUT2D eigenvalue weighted by atomic mass is 19.1. The predicted molar refractivity (Wildman–Crippen MR) is 220 cm³/mol. The Morgan fingerprint density at radius 2 is 1.66 bits per heavy atom. The number of carbonyl (C=O) groups excluding carboxylic acids is 5. The van der Waals surface area contributed by atoms with Crippen LogP contribution in [-0.4, -0.2) is 123 Å². The molecule has 0 bridgehead atoms. The Kier molecular flexibility index (Phi) is 16.8. The van der Waals surface area contributed by atoms with Crippen molar-refractivity contribution in [2.75, 3.05) is 52.5 Å². The summed E-state index contributed by atoms with van der Waals surface area (Å²) in [6.07, 6.45) is 1.29. The number of aliphatic hydroxyl groups excluding tert-OH is 1. The summed E-state index contributed by atoms with van der Waals surface area (Å²) in [4.78, 5) is 72.4. The van der Waals surface area contributed by atoms with E-state index in [1.165, 1.54) is 28.1 Å². The number of aromatic nitrogens is 2. The molecule has 3 atom stereocenters. The minimum Gasteiger partial charge on any atom is -0.444 e. The van der Waals surface area contributed by atoms with Crippen LogP contribution in [0.1, 0.15) is 72.3 Å². The fraction of sp³-hybridized carbons (Fsp3) is 0.500. The Morgan fingerprint density at radius 1 is 0.984 bits per heavy atom. The highest BCUT2D eigenvalue weighted by Gasteiger charge is 2.46. The standard InChI is InChI=1S/C42H51F3N6O8.C2H6/c1-41(2,3)59-40(57)49-22-28(32(45)24-49)23-51(37(56)26-52)38(42(4,5)20-34(53)46-15-17-58-18-16-50-35(54)13-14-36(50)55)39-47-33(30-19-29(43)11-12-31(30)44)25-48(39)21-27-9-7-6-8-10-27;1-2/h6-14,19,25,28,32,38,52H,15-18,20-24,26H2,1-5H3,(H,46,53);1-2H3. The van der Waals surface area contributed by atoms with Gasteiger partial charge in [-0.25, -0.2) is 22.9 Å². The molecule has 3 aromatic rings. The van der Waals surface area contributed by atoms with Crippen LogP contribution in [0.3, 0.4) is 0 Å². The average molecular weight is 855 g/mol. The van der Waals surface area contributed by atoms with Crippen molar-refractivity contribution in [3.05, 3.63) is 89.9 Å². The molecule has 17 heteroatoms. The van der Waals surface area contributed by atoms with E-state index in [-0.39, 0.29) is 76.0 Å². The summed E-state index contributed by atoms with van der Waals surface area (Å²) in [7, 11) is 0. The summed E-state index contributed by atoms with van der Waals surface area (Å²) >= 11 is 0. The van der Waals surface area contributed by atoms with Gasteiger partial charge in [0.25, 0.3) is 11.8 Å². The molecule has 3 unspecified atom stereocenters. The van der Waals surface area contributed by atoms with Crippen LogP contribution in [0.25, 0.3) is 11.3 Å². The summed E-state index contributed by atoms with van der Waals surface area (Å²) in [6.45, 7) is 11.0. The van der Waals surface area contributed by atoms with Crippen LogP contribution in [0.5, 0.6) is 0 Å². The van der Waals surface area contributed by atoms with Crippen molar-refractivity contribution in [1.29, 1.82) is 0 Å². The molecule has 1 saturated heterocycles. The lowest BCUT2D eigenvalue weighted by atomic mass is 9.78. The summed E-state index contributed by atoms with van der Waals surface area (Å²) in [5.41, 5.74) is -1.43. The lowest BCUT2D eigenvalue weighted by molar-refractivity contribution is -0.143. The molecular formula is C44H57F3N6O8. The van der Waals surface area contributed by atoms with Gasteiger partial charge >= 0.3 is 6.09 Å². The van der Waals surface area contributed by atoms with Gasteiger partial charge in [-0.3, -0.25) is 24.1 Å². The Bertz CT molecular complexity index is 2020. The number of ether oxygens (including phenoxy) is 2. The Labute approximate surface area is 354 Å². The third-order valence-corrected chi connectivity index (χ3v) is 9.95. The maximum absolute atomic E-state index is 15.9. The zero-order chi connectivity index (χ0) is 45.1. The van der Waals surface area contributed by atoms with Crippen molar-refractivity contribution in [2.24, 2.45) is 11.3 Å². The van der Waals surface area contributed by atoms with Gasteiger partial charge in [0.2, 0.25) is 11.8 Å². The van der Waals surface area contributed by atoms with Crippen molar-refractivity contribution >= 4 is 29.7 Å². The van der Waals surface area contributed by atoms with Crippen molar-refractivity contribution < 1.29 is 51.7 Å². The second-order valence-corrected chi connectivity index (χ2v) is 16.3. The molecule has 2 aliphatic heterocycles. The maximum atomic E-state index is 15.9. The molecule has 332 valence electrons. The van der Waals surface area contributed by atoms with Crippen molar-refractivity contribution in [2.45, 2.75) is 79.2 Å². The van der Waals surface area contributed by atoms with Crippen LogP contribution in [0, 0.1) is 23.0 Å². The number of alkyl halides is 1. The van der Waals surface area contributed by atoms with Gasteiger partial charge in [-0.05, 0) is 44.5 Å². The summed E-state index contributed by atoms with van der Waals surface area (Å²) in [5, 5.41) is 13.1. The number of imidazole rings is 1. The maximum Gasteiger partial charge on any atom is 0.410 e. The molecule has 14 nitrogen and oxygen atoms in total. The zero-order valence-corrected chi connectivity index (χ0v) is 35.8. The Morgan fingerprint density at radius 3 is 2.30 bits per heavy atom. The van der Waals surface area contributed by atoms with E-state index in [9.17, 15) is 33.5 Å². The van der Waals surface area contributed by atoms with Gasteiger partial charge in [0, 0.05) is 67.8 Å². The van der Waals surface area contributed by atoms with E-state index >= 15 is 8.78 Å². The molecule has 1 fully saturated rings. The van der Waals surface area contributed by atoms with Gasteiger partial charge < -0.3 is 34.3 Å². The van der Waals surface area contributed by atoms with E-state index in [0.29, 0.717) is 0 Å². The largest absolute Gasteiger partial charge is 0.444 e. The number of imide groups is 1. The Balaban J connectivity index is 0.00000403. The normalized spacial score (nSPS) is 17.0. The van der Waals surface area contributed by atoms with Crippen LogP contribution in [0.15, 0.2) is 66.9 Å². The van der Waals surface area contributed by atoms with Gasteiger partial charge in [-0.1, -0.05) is 58.0 Å². The number of carbonyl (C=O) groups is 5. The average Bonchev–Trinajstić information content (AvgIpc) is 3.89. The second-order valence-electron chi connectivity index (χ2n) is 16.3. The molecule has 0 radical (unpaired) electrons. The smallest absolute Gasteiger partial charge is 0.410 e. The molecule has 0 aliphatic carbocycles. The lowest BCUT2D eigenvalue weighted by Gasteiger charge is -2.42. The minimum atomic E-state index is -1.59. The highest BCUT2D eigenvalue weighted by molar-refractivity contribution is 6.12. The summed E-state index contributed by atoms with van der Waals surface area (Å²) in [5.74, 6) is -4.43. The quantitative estimate of drug-likeness (QED) is 0.133. The van der Waals surface area contributed by atoms with E-state index in [1.807, 2.05) is 44.2 Å². The number of halogens is 3. The fourth-order valence-electron chi connectivity index (χ4n) is 7.21. The van der Waals surface area contributed by atoms with E-state index in [1.54, 1.807) is 39.2 Å². The van der Waals surface area contributed by atoms with E-state index in [4.69, 9.17) is 14.5 Å². The first-order valence-corrected chi connectivity index (χ1v) is 20.3. The van der Waals surface area contributed by atoms with Crippen molar-refractivity contribution in [3.63, 3.8) is 0 Å². The Hall–Kier alpha value is -5.55. The number of hydrogen-bond acceptors (Lipinski definition) is 9. The molecule has 2 aliphatic rings. The van der Waals surface area contributed by atoms with Crippen LogP contribution >= 0.6 is 0 Å². The molecule has 5 amide bonds. The molecule has 0 saturated carbocycles. The summed E-state index contributed by atoms with van der Waals surface area (Å²) in [6, 6.07) is 10.9. The first kappa shape index (κ1) is 48.1. The van der Waals surface area contributed by atoms with Crippen molar-refractivity contribution in [3.8, 4) is 11.3 Å². The van der Waals surface area contributed by atoms with Crippen LogP contribution in [-0.2, 0) is 35.2 Å². The number of nitrogens with one attached hydrogen (secondary N) is 1. The third kappa shape index (κ3) is 13.0. The fourth-order valence-corrected chi connectivity index (χ4v) is 7.21. The molecule has 2 aromatic carbocycles. The monoisotopic (exact) mass is 854 g/mol. The van der Waals surface area contributed by atoms with E-state index in [2.05, 4.69) is 5.32 Å². The number of nitrogens with zero attached hydrogens (tertiary/aromatic N) is 5. The van der Waals surface area contributed by atoms with Gasteiger partial charge in [0.15, 0.2) is 0 Å². The first-order valence-electron chi connectivity index (χ1n) is 20.3. The number of benzene rings is 2. The van der Waals surface area contributed by atoms with Crippen LogP contribution < -0.4 is 5.32 Å². The first-order chi connectivity index (χ1) is 28.9. The summed E-state index contributed by atoms with van der Waals surface area (Å²) < 4.78 is 58.4. The zero-order valence-electron chi connectivity index (χ0n) is 35.8. The number of hydrogen-bond donors (Lipinski definition) is 2. The van der Waals surface area contributed by atoms with Gasteiger partial charge in [-0.2, -0.15) is 0 Å². The molecule has 5 rings (SSSR count). The third-order valence-electron chi connectivity index (χ3n) is 9.95. The van der Waals surface area contributed by atoms with Gasteiger partial charge in [-0.15, -0.1) is 0 Å². The number of likely N-dealkylation sites (tertiary alicyclic amines) is 1. The molecule has 3 heterocycles. The predicted octanol–water partition coefficient (Wildman–Crippen LogP) is 5.44. The SMILES string of the molecule is CC.CC(C)(C)OC(=O)N1CC(F)C(CN(C(=O)CO)C(c2nc(-c3cc(F)ccc3F)cn2Cc2ccccc2)C(C)(C)CC(=O)NCCOCCN2C(=O)C=CC2=O)C1. The second kappa shape index (κ2) is 21.3. The van der Waals surface area contributed by atoms with Crippen LogP contribution in [0.4, 0.5) is 18.0 Å². The number of rotatable bonds is 17. The molecular weight excluding hydrogens is 798 g/mol. The molecule has 61 heavy (non-hydrogen) atoms. The van der Waals surface area contributed by atoms with Gasteiger partial charge in [0.1, 0.15) is 35.8 Å². The van der Waals surface area contributed by atoms with Crippen molar-refractivity contribution in [1.82, 2.24) is 29.6 Å². The highest BCUT2D eigenvalue weighted by Crippen LogP contribution is 2.43. The van der Waals surface area contributed by atoms with E-state index < -0.39 is 77.1 Å².